The fourth-order valence-electron chi connectivity index (χ4n) is 3.56. The summed E-state index contributed by atoms with van der Waals surface area (Å²) in [5.74, 6) is 0.487. The monoisotopic (exact) mass is 392 g/mol. The number of fused-ring (bicyclic) bond motifs is 2. The Hall–Kier alpha value is -3.35. The van der Waals surface area contributed by atoms with Crippen LogP contribution in [0.25, 0.3) is 11.0 Å². The summed E-state index contributed by atoms with van der Waals surface area (Å²) in [4.78, 5) is 30.7. The Morgan fingerprint density at radius 2 is 1.93 bits per heavy atom. The van der Waals surface area contributed by atoms with Crippen LogP contribution in [0.3, 0.4) is 0 Å². The van der Waals surface area contributed by atoms with E-state index < -0.39 is 6.10 Å². The van der Waals surface area contributed by atoms with E-state index in [1.54, 1.807) is 11.8 Å². The van der Waals surface area contributed by atoms with Crippen molar-refractivity contribution in [2.45, 2.75) is 32.4 Å². The van der Waals surface area contributed by atoms with Crippen LogP contribution in [0.5, 0.6) is 5.75 Å². The van der Waals surface area contributed by atoms with Crippen molar-refractivity contribution in [1.82, 2.24) is 14.9 Å². The topological polar surface area (TPSA) is 76.5 Å². The van der Waals surface area contributed by atoms with E-state index in [4.69, 9.17) is 4.74 Å². The maximum Gasteiger partial charge on any atom is 0.267 e. The number of carbonyl (C=O) groups excluding carboxylic acids is 2. The number of hydrogen-bond donors (Lipinski definition) is 1. The maximum atomic E-state index is 12.5. The van der Waals surface area contributed by atoms with Crippen molar-refractivity contribution in [1.29, 1.82) is 0 Å². The Balaban J connectivity index is 1.26. The minimum atomic E-state index is -0.544. The average molecular weight is 392 g/mol. The molecule has 0 bridgehead atoms. The van der Waals surface area contributed by atoms with Crippen LogP contribution in [0.2, 0.25) is 0 Å². The van der Waals surface area contributed by atoms with E-state index in [-0.39, 0.29) is 18.2 Å². The van der Waals surface area contributed by atoms with Gasteiger partial charge in [-0.3, -0.25) is 9.59 Å². The molecule has 2 amide bonds. The van der Waals surface area contributed by atoms with Crippen LogP contribution < -0.4 is 15.0 Å². The van der Waals surface area contributed by atoms with E-state index in [1.165, 1.54) is 0 Å². The molecule has 2 heterocycles. The number of ether oxygens (including phenoxy) is 1. The van der Waals surface area contributed by atoms with Gasteiger partial charge in [-0.15, -0.1) is 0 Å². The van der Waals surface area contributed by atoms with Crippen LogP contribution in [-0.2, 0) is 16.1 Å². The summed E-state index contributed by atoms with van der Waals surface area (Å²) in [6.45, 7) is 3.43. The number of rotatable bonds is 7. The zero-order valence-electron chi connectivity index (χ0n) is 16.4. The second kappa shape index (κ2) is 8.34. The first-order valence-corrected chi connectivity index (χ1v) is 9.87. The summed E-state index contributed by atoms with van der Waals surface area (Å²) in [5, 5.41) is 2.94. The molecule has 4 rings (SSSR count). The van der Waals surface area contributed by atoms with Gasteiger partial charge in [-0.1, -0.05) is 24.3 Å². The third kappa shape index (κ3) is 4.08. The Kier molecular flexibility index (Phi) is 5.46. The standard InChI is InChI=1S/C22H24N4O3/c1-16-22(28)26(19-9-4-5-10-20(19)29-16)14-11-21(27)23-12-6-13-25-15-24-17-7-2-3-8-18(17)25/h2-5,7-10,15-16H,6,11-14H2,1H3,(H,23,27). The second-order valence-corrected chi connectivity index (χ2v) is 7.10. The average Bonchev–Trinajstić information content (AvgIpc) is 3.15. The number of hydrogen-bond acceptors (Lipinski definition) is 4. The molecule has 29 heavy (non-hydrogen) atoms. The van der Waals surface area contributed by atoms with Gasteiger partial charge in [-0.25, -0.2) is 4.98 Å². The van der Waals surface area contributed by atoms with Crippen molar-refractivity contribution >= 4 is 28.5 Å². The predicted molar refractivity (Wildman–Crippen MR) is 111 cm³/mol. The molecule has 1 aliphatic rings. The molecule has 0 fully saturated rings. The lowest BCUT2D eigenvalue weighted by Gasteiger charge is -2.32. The Morgan fingerprint density at radius 3 is 2.83 bits per heavy atom. The van der Waals surface area contributed by atoms with Gasteiger partial charge in [0.05, 0.1) is 23.0 Å². The Labute approximate surface area is 169 Å². The molecule has 0 spiro atoms. The molecule has 0 saturated carbocycles. The molecule has 150 valence electrons. The van der Waals surface area contributed by atoms with Crippen LogP contribution in [0.15, 0.2) is 54.9 Å². The van der Waals surface area contributed by atoms with Gasteiger partial charge in [-0.2, -0.15) is 0 Å². The fraction of sp³-hybridized carbons (Fsp3) is 0.318. The molecule has 0 saturated heterocycles. The van der Waals surface area contributed by atoms with E-state index >= 15 is 0 Å². The van der Waals surface area contributed by atoms with Gasteiger partial charge in [-0.05, 0) is 37.6 Å². The SMILES string of the molecule is CC1Oc2ccccc2N(CCC(=O)NCCCn2cnc3ccccc32)C1=O. The van der Waals surface area contributed by atoms with E-state index in [1.807, 2.05) is 54.9 Å². The molecule has 7 heteroatoms. The number of aryl methyl sites for hydroxylation is 1. The van der Waals surface area contributed by atoms with Crippen molar-refractivity contribution < 1.29 is 14.3 Å². The summed E-state index contributed by atoms with van der Waals surface area (Å²) in [5.41, 5.74) is 2.79. The molecule has 7 nitrogen and oxygen atoms in total. The normalized spacial score (nSPS) is 15.8. The molecule has 0 aliphatic carbocycles. The fourth-order valence-corrected chi connectivity index (χ4v) is 3.56. The van der Waals surface area contributed by atoms with Gasteiger partial charge in [0.15, 0.2) is 6.10 Å². The first-order chi connectivity index (χ1) is 14.1. The number of nitrogens with one attached hydrogen (secondary N) is 1. The first-order valence-electron chi connectivity index (χ1n) is 9.87. The van der Waals surface area contributed by atoms with Crippen molar-refractivity contribution in [3.63, 3.8) is 0 Å². The highest BCUT2D eigenvalue weighted by atomic mass is 16.5. The highest BCUT2D eigenvalue weighted by Crippen LogP contribution is 2.33. The third-order valence-corrected chi connectivity index (χ3v) is 5.06. The highest BCUT2D eigenvalue weighted by Gasteiger charge is 2.31. The number of carbonyl (C=O) groups is 2. The van der Waals surface area contributed by atoms with E-state index in [0.29, 0.717) is 18.8 Å². The van der Waals surface area contributed by atoms with Gasteiger partial charge in [0.25, 0.3) is 5.91 Å². The summed E-state index contributed by atoms with van der Waals surface area (Å²) < 4.78 is 7.72. The molecule has 1 aliphatic heterocycles. The minimum Gasteiger partial charge on any atom is -0.479 e. The lowest BCUT2D eigenvalue weighted by molar-refractivity contribution is -0.125. The number of aromatic nitrogens is 2. The zero-order valence-corrected chi connectivity index (χ0v) is 16.4. The Bertz CT molecular complexity index is 1030. The molecule has 2 aromatic carbocycles. The molecule has 1 N–H and O–H groups in total. The van der Waals surface area contributed by atoms with Gasteiger partial charge in [0.1, 0.15) is 5.75 Å². The minimum absolute atomic E-state index is 0.0649. The van der Waals surface area contributed by atoms with E-state index in [9.17, 15) is 9.59 Å². The maximum absolute atomic E-state index is 12.5. The number of amides is 2. The summed E-state index contributed by atoms with van der Waals surface area (Å²) in [6, 6.07) is 15.4. The summed E-state index contributed by atoms with van der Waals surface area (Å²) in [6.07, 6.45) is 2.34. The molecule has 0 radical (unpaired) electrons. The quantitative estimate of drug-likeness (QED) is 0.628. The second-order valence-electron chi connectivity index (χ2n) is 7.10. The van der Waals surface area contributed by atoms with Crippen molar-refractivity contribution in [3.8, 4) is 5.75 Å². The van der Waals surface area contributed by atoms with Crippen LogP contribution in [0, 0.1) is 0 Å². The Morgan fingerprint density at radius 1 is 1.14 bits per heavy atom. The largest absolute Gasteiger partial charge is 0.479 e. The van der Waals surface area contributed by atoms with Crippen LogP contribution in [0.4, 0.5) is 5.69 Å². The molecule has 3 aromatic rings. The molecular formula is C22H24N4O3. The highest BCUT2D eigenvalue weighted by molar-refractivity contribution is 6.00. The van der Waals surface area contributed by atoms with Gasteiger partial charge in [0.2, 0.25) is 5.91 Å². The van der Waals surface area contributed by atoms with E-state index in [0.717, 1.165) is 29.7 Å². The van der Waals surface area contributed by atoms with Crippen LogP contribution in [0.1, 0.15) is 19.8 Å². The molecular weight excluding hydrogens is 368 g/mol. The first kappa shape index (κ1) is 19.0. The van der Waals surface area contributed by atoms with E-state index in [2.05, 4.69) is 14.9 Å². The number of anilines is 1. The van der Waals surface area contributed by atoms with Gasteiger partial charge in [0, 0.05) is 26.1 Å². The van der Waals surface area contributed by atoms with Gasteiger partial charge >= 0.3 is 0 Å². The summed E-state index contributed by atoms with van der Waals surface area (Å²) >= 11 is 0. The number of nitrogens with zero attached hydrogens (tertiary/aromatic N) is 3. The molecule has 1 aromatic heterocycles. The lowest BCUT2D eigenvalue weighted by Crippen LogP contribution is -2.45. The van der Waals surface area contributed by atoms with Crippen molar-refractivity contribution in [2.24, 2.45) is 0 Å². The van der Waals surface area contributed by atoms with Crippen LogP contribution in [-0.4, -0.2) is 40.6 Å². The number of para-hydroxylation sites is 4. The smallest absolute Gasteiger partial charge is 0.267 e. The third-order valence-electron chi connectivity index (χ3n) is 5.06. The summed E-state index contributed by atoms with van der Waals surface area (Å²) in [7, 11) is 0. The zero-order chi connectivity index (χ0) is 20.2. The lowest BCUT2D eigenvalue weighted by atomic mass is 10.1. The number of imidazole rings is 1. The van der Waals surface area contributed by atoms with Crippen molar-refractivity contribution in [3.05, 3.63) is 54.9 Å². The van der Waals surface area contributed by atoms with Crippen molar-refractivity contribution in [2.75, 3.05) is 18.0 Å². The van der Waals surface area contributed by atoms with Crippen LogP contribution >= 0.6 is 0 Å². The molecule has 1 unspecified atom stereocenters. The molecule has 1 atom stereocenters. The number of benzene rings is 2. The predicted octanol–water partition coefficient (Wildman–Crippen LogP) is 2.75. The van der Waals surface area contributed by atoms with Gasteiger partial charge < -0.3 is 19.5 Å².